The minimum atomic E-state index is -0.322. The number of thioether (sulfide) groups is 2. The van der Waals surface area contributed by atoms with Crippen LogP contribution in [0, 0.1) is 0 Å². The second kappa shape index (κ2) is 9.62. The highest BCUT2D eigenvalue weighted by Gasteiger charge is 2.46. The largest absolute Gasteiger partial charge is 0.374 e. The molecule has 2 saturated heterocycles. The van der Waals surface area contributed by atoms with Gasteiger partial charge in [0.2, 0.25) is 0 Å². The predicted octanol–water partition coefficient (Wildman–Crippen LogP) is 3.94. The van der Waals surface area contributed by atoms with Gasteiger partial charge >= 0.3 is 0 Å². The quantitative estimate of drug-likeness (QED) is 0.663. The van der Waals surface area contributed by atoms with Gasteiger partial charge in [-0.15, -0.1) is 23.5 Å². The lowest BCUT2D eigenvalue weighted by Crippen LogP contribution is -2.49. The molecule has 0 radical (unpaired) electrons. The van der Waals surface area contributed by atoms with Crippen LogP contribution in [0.15, 0.2) is 30.3 Å². The minimum Gasteiger partial charge on any atom is -0.374 e. The van der Waals surface area contributed by atoms with Crippen molar-refractivity contribution in [3.63, 3.8) is 0 Å². The molecule has 0 saturated carbocycles. The monoisotopic (exact) mass is 384 g/mol. The molecule has 0 N–H and O–H groups in total. The van der Waals surface area contributed by atoms with E-state index in [0.717, 1.165) is 12.8 Å². The van der Waals surface area contributed by atoms with Crippen LogP contribution in [0.1, 0.15) is 24.8 Å². The summed E-state index contributed by atoms with van der Waals surface area (Å²) in [5.74, 6) is 2.45. The third kappa shape index (κ3) is 5.37. The molecule has 3 rings (SSSR count). The Kier molecular flexibility index (Phi) is 7.51. The molecule has 140 valence electrons. The van der Waals surface area contributed by atoms with Gasteiger partial charge in [-0.3, -0.25) is 0 Å². The summed E-state index contributed by atoms with van der Waals surface area (Å²) < 4.78 is 23.4. The molecule has 0 amide bonds. The molecule has 4 nitrogen and oxygen atoms in total. The zero-order valence-corrected chi connectivity index (χ0v) is 16.7. The van der Waals surface area contributed by atoms with Gasteiger partial charge in [0.15, 0.2) is 6.29 Å². The Labute approximate surface area is 159 Å². The number of hydrogen-bond donors (Lipinski definition) is 0. The first-order chi connectivity index (χ1) is 12.2. The molecule has 0 bridgehead atoms. The van der Waals surface area contributed by atoms with Crippen molar-refractivity contribution >= 4 is 23.5 Å². The SMILES string of the molecule is COC(OC)[C@H]1CC2(C[C@@H](COCc3ccccc3)O1)SCCCS2. The van der Waals surface area contributed by atoms with E-state index in [1.807, 2.05) is 18.2 Å². The van der Waals surface area contributed by atoms with Crippen LogP contribution in [0.2, 0.25) is 0 Å². The first-order valence-electron chi connectivity index (χ1n) is 8.85. The van der Waals surface area contributed by atoms with E-state index >= 15 is 0 Å². The first kappa shape index (κ1) is 19.5. The van der Waals surface area contributed by atoms with Crippen molar-refractivity contribution in [2.24, 2.45) is 0 Å². The predicted molar refractivity (Wildman–Crippen MR) is 104 cm³/mol. The van der Waals surface area contributed by atoms with Gasteiger partial charge < -0.3 is 18.9 Å². The Morgan fingerprint density at radius 1 is 1.12 bits per heavy atom. The highest BCUT2D eigenvalue weighted by atomic mass is 32.2. The maximum Gasteiger partial charge on any atom is 0.183 e. The van der Waals surface area contributed by atoms with Gasteiger partial charge in [0.05, 0.1) is 23.4 Å². The fourth-order valence-electron chi connectivity index (χ4n) is 3.47. The zero-order chi connectivity index (χ0) is 17.5. The molecule has 25 heavy (non-hydrogen) atoms. The number of hydrogen-bond acceptors (Lipinski definition) is 6. The van der Waals surface area contributed by atoms with E-state index in [9.17, 15) is 0 Å². The van der Waals surface area contributed by atoms with E-state index in [0.29, 0.717) is 13.2 Å². The molecular weight excluding hydrogens is 356 g/mol. The summed E-state index contributed by atoms with van der Waals surface area (Å²) >= 11 is 4.16. The van der Waals surface area contributed by atoms with Crippen molar-refractivity contribution in [1.29, 1.82) is 0 Å². The molecule has 0 aromatic heterocycles. The van der Waals surface area contributed by atoms with Crippen molar-refractivity contribution in [2.45, 2.75) is 48.4 Å². The molecule has 2 aliphatic rings. The molecule has 6 heteroatoms. The Hall–Kier alpha value is -0.240. The summed E-state index contributed by atoms with van der Waals surface area (Å²) in [6, 6.07) is 10.3. The lowest BCUT2D eigenvalue weighted by molar-refractivity contribution is -0.214. The highest BCUT2D eigenvalue weighted by Crippen LogP contribution is 2.52. The molecular formula is C19H28O4S2. The van der Waals surface area contributed by atoms with E-state index in [-0.39, 0.29) is 22.6 Å². The van der Waals surface area contributed by atoms with Crippen molar-refractivity contribution in [2.75, 3.05) is 32.3 Å². The van der Waals surface area contributed by atoms with E-state index in [1.165, 1.54) is 23.5 Å². The minimum absolute atomic E-state index is 0.0489. The molecule has 1 aromatic rings. The maximum atomic E-state index is 6.29. The van der Waals surface area contributed by atoms with Crippen LogP contribution in [0.5, 0.6) is 0 Å². The van der Waals surface area contributed by atoms with Crippen LogP contribution in [0.3, 0.4) is 0 Å². The molecule has 1 aromatic carbocycles. The smallest absolute Gasteiger partial charge is 0.183 e. The molecule has 2 aliphatic heterocycles. The van der Waals surface area contributed by atoms with Crippen LogP contribution in [0.4, 0.5) is 0 Å². The number of rotatable bonds is 7. The van der Waals surface area contributed by atoms with Crippen LogP contribution >= 0.6 is 23.5 Å². The summed E-state index contributed by atoms with van der Waals surface area (Å²) in [5.41, 5.74) is 1.19. The zero-order valence-electron chi connectivity index (χ0n) is 15.0. The third-order valence-electron chi connectivity index (χ3n) is 4.62. The normalized spacial score (nSPS) is 26.2. The van der Waals surface area contributed by atoms with Crippen LogP contribution in [-0.4, -0.2) is 54.9 Å². The van der Waals surface area contributed by atoms with Gasteiger partial charge in [-0.1, -0.05) is 30.3 Å². The third-order valence-corrected chi connectivity index (χ3v) is 8.03. The van der Waals surface area contributed by atoms with Crippen molar-refractivity contribution in [1.82, 2.24) is 0 Å². The number of ether oxygens (including phenoxy) is 4. The highest BCUT2D eigenvalue weighted by molar-refractivity contribution is 8.18. The lowest BCUT2D eigenvalue weighted by atomic mass is 10.0. The summed E-state index contributed by atoms with van der Waals surface area (Å²) in [7, 11) is 3.36. The summed E-state index contributed by atoms with van der Waals surface area (Å²) in [6.07, 6.45) is 2.98. The second-order valence-electron chi connectivity index (χ2n) is 6.51. The summed E-state index contributed by atoms with van der Waals surface area (Å²) in [5, 5.41) is 0. The molecule has 0 aliphatic carbocycles. The Morgan fingerprint density at radius 2 is 1.84 bits per heavy atom. The average molecular weight is 385 g/mol. The number of benzene rings is 1. The fraction of sp³-hybridized carbons (Fsp3) is 0.684. The van der Waals surface area contributed by atoms with E-state index in [2.05, 4.69) is 35.7 Å². The van der Waals surface area contributed by atoms with Crippen molar-refractivity contribution in [3.05, 3.63) is 35.9 Å². The van der Waals surface area contributed by atoms with Crippen LogP contribution in [0.25, 0.3) is 0 Å². The van der Waals surface area contributed by atoms with Gasteiger partial charge in [-0.05, 0) is 29.9 Å². The van der Waals surface area contributed by atoms with Crippen molar-refractivity contribution in [3.8, 4) is 0 Å². The fourth-order valence-corrected chi connectivity index (χ4v) is 6.98. The molecule has 2 fully saturated rings. The molecule has 1 spiro atoms. The van der Waals surface area contributed by atoms with Crippen LogP contribution < -0.4 is 0 Å². The first-order valence-corrected chi connectivity index (χ1v) is 10.8. The van der Waals surface area contributed by atoms with Crippen molar-refractivity contribution < 1.29 is 18.9 Å². The topological polar surface area (TPSA) is 36.9 Å². The standard InChI is InChI=1S/C19H28O4S2/c1-20-18(21-2)17-12-19(24-9-6-10-25-19)11-16(23-17)14-22-13-15-7-4-3-5-8-15/h3-5,7-8,16-18H,6,9-14H2,1-2H3/t16-,17+/m0/s1. The maximum absolute atomic E-state index is 6.29. The summed E-state index contributed by atoms with van der Waals surface area (Å²) in [6.45, 7) is 1.23. The Bertz CT molecular complexity index is 503. The number of methoxy groups -OCH3 is 2. The van der Waals surface area contributed by atoms with Gasteiger partial charge in [0.25, 0.3) is 0 Å². The molecule has 2 atom stereocenters. The van der Waals surface area contributed by atoms with Gasteiger partial charge in [0, 0.05) is 20.6 Å². The second-order valence-corrected chi connectivity index (χ2v) is 9.72. The molecule has 2 heterocycles. The molecule has 0 unspecified atom stereocenters. The van der Waals surface area contributed by atoms with Crippen LogP contribution in [-0.2, 0) is 25.6 Å². The van der Waals surface area contributed by atoms with E-state index < -0.39 is 0 Å². The Morgan fingerprint density at radius 3 is 2.52 bits per heavy atom. The van der Waals surface area contributed by atoms with Gasteiger partial charge in [-0.25, -0.2) is 0 Å². The summed E-state index contributed by atoms with van der Waals surface area (Å²) in [4.78, 5) is 0. The van der Waals surface area contributed by atoms with E-state index in [1.54, 1.807) is 14.2 Å². The average Bonchev–Trinajstić information content (AvgIpc) is 2.64. The lowest BCUT2D eigenvalue weighted by Gasteiger charge is -2.46. The van der Waals surface area contributed by atoms with E-state index in [4.69, 9.17) is 18.9 Å². The van der Waals surface area contributed by atoms with Gasteiger partial charge in [-0.2, -0.15) is 0 Å². The Balaban J connectivity index is 1.60. The van der Waals surface area contributed by atoms with Gasteiger partial charge in [0.1, 0.15) is 6.10 Å².